The molecule has 0 aliphatic rings. The summed E-state index contributed by atoms with van der Waals surface area (Å²) in [5.74, 6) is 0.453. The van der Waals surface area contributed by atoms with Crippen LogP contribution in [-0.4, -0.2) is 14.5 Å². The Labute approximate surface area is 93.7 Å². The highest BCUT2D eigenvalue weighted by Crippen LogP contribution is 2.04. The van der Waals surface area contributed by atoms with Gasteiger partial charge in [0, 0.05) is 11.9 Å². The molecule has 0 radical (unpaired) electrons. The van der Waals surface area contributed by atoms with Crippen molar-refractivity contribution in [3.05, 3.63) is 47.8 Å². The van der Waals surface area contributed by atoms with Crippen LogP contribution in [0, 0.1) is 6.92 Å². The van der Waals surface area contributed by atoms with E-state index in [-0.39, 0.29) is 0 Å². The lowest BCUT2D eigenvalue weighted by Crippen LogP contribution is -1.99. The average Bonchev–Trinajstić information content (AvgIpc) is 2.65. The van der Waals surface area contributed by atoms with Gasteiger partial charge in [-0.15, -0.1) is 11.6 Å². The Bertz CT molecular complexity index is 451. The highest BCUT2D eigenvalue weighted by Gasteiger charge is 1.99. The van der Waals surface area contributed by atoms with Crippen molar-refractivity contribution in [2.24, 2.45) is 0 Å². The first-order chi connectivity index (χ1) is 7.28. The summed E-state index contributed by atoms with van der Waals surface area (Å²) in [5, 5.41) is 0. The number of pyridine rings is 1. The molecule has 0 aliphatic carbocycles. The molecule has 0 aromatic carbocycles. The molecule has 0 saturated carbocycles. The zero-order chi connectivity index (χ0) is 10.7. The lowest BCUT2D eigenvalue weighted by Gasteiger charge is -2.02. The molecule has 2 aromatic rings. The zero-order valence-corrected chi connectivity index (χ0v) is 9.28. The summed E-state index contributed by atoms with van der Waals surface area (Å²) >= 11 is 5.68. The summed E-state index contributed by atoms with van der Waals surface area (Å²) in [5.41, 5.74) is 2.96. The molecule has 0 N–H and O–H groups in total. The minimum atomic E-state index is 0.453. The third kappa shape index (κ3) is 2.57. The molecule has 0 spiro atoms. The number of alkyl halides is 1. The van der Waals surface area contributed by atoms with E-state index in [2.05, 4.69) is 9.97 Å². The molecule has 0 unspecified atom stereocenters. The summed E-state index contributed by atoms with van der Waals surface area (Å²) in [6.45, 7) is 2.73. The second kappa shape index (κ2) is 4.45. The van der Waals surface area contributed by atoms with Gasteiger partial charge in [-0.2, -0.15) is 0 Å². The van der Waals surface area contributed by atoms with E-state index in [0.29, 0.717) is 5.88 Å². The van der Waals surface area contributed by atoms with Crippen LogP contribution in [0.3, 0.4) is 0 Å². The van der Waals surface area contributed by atoms with E-state index in [1.807, 2.05) is 35.9 Å². The van der Waals surface area contributed by atoms with Crippen molar-refractivity contribution in [2.75, 3.05) is 0 Å². The van der Waals surface area contributed by atoms with E-state index in [9.17, 15) is 0 Å². The number of hydrogen-bond acceptors (Lipinski definition) is 2. The first-order valence-electron chi connectivity index (χ1n) is 4.77. The second-order valence-corrected chi connectivity index (χ2v) is 3.71. The fourth-order valence-electron chi connectivity index (χ4n) is 1.44. The van der Waals surface area contributed by atoms with Gasteiger partial charge in [-0.1, -0.05) is 6.07 Å². The zero-order valence-electron chi connectivity index (χ0n) is 8.52. The summed E-state index contributed by atoms with van der Waals surface area (Å²) in [6, 6.07) is 6.01. The highest BCUT2D eigenvalue weighted by molar-refractivity contribution is 6.16. The van der Waals surface area contributed by atoms with Gasteiger partial charge in [0.2, 0.25) is 0 Å². The maximum absolute atomic E-state index is 5.68. The molecule has 2 heterocycles. The molecule has 0 bridgehead atoms. The minimum Gasteiger partial charge on any atom is -0.331 e. The predicted molar refractivity (Wildman–Crippen MR) is 59.9 cm³/mol. The Morgan fingerprint density at radius 2 is 2.20 bits per heavy atom. The van der Waals surface area contributed by atoms with Crippen LogP contribution in [0.25, 0.3) is 0 Å². The van der Waals surface area contributed by atoms with Crippen molar-refractivity contribution in [3.8, 4) is 0 Å². The monoisotopic (exact) mass is 221 g/mol. The number of imidazole rings is 1. The van der Waals surface area contributed by atoms with Crippen molar-refractivity contribution in [2.45, 2.75) is 19.3 Å². The summed E-state index contributed by atoms with van der Waals surface area (Å²) < 4.78 is 1.99. The first-order valence-corrected chi connectivity index (χ1v) is 5.30. The average molecular weight is 222 g/mol. The van der Waals surface area contributed by atoms with Gasteiger partial charge in [0.15, 0.2) is 0 Å². The van der Waals surface area contributed by atoms with Crippen LogP contribution in [0.2, 0.25) is 0 Å². The van der Waals surface area contributed by atoms with Crippen molar-refractivity contribution in [3.63, 3.8) is 0 Å². The SMILES string of the molecule is Cc1cccc(Cn2cnc(CCl)c2)n1. The van der Waals surface area contributed by atoms with Gasteiger partial charge in [-0.05, 0) is 19.1 Å². The number of aryl methyl sites for hydroxylation is 1. The molecule has 2 rings (SSSR count). The third-order valence-electron chi connectivity index (χ3n) is 2.11. The largest absolute Gasteiger partial charge is 0.331 e. The van der Waals surface area contributed by atoms with Gasteiger partial charge in [0.05, 0.1) is 30.1 Å². The maximum atomic E-state index is 5.68. The number of nitrogens with zero attached hydrogens (tertiary/aromatic N) is 3. The van der Waals surface area contributed by atoms with Crippen LogP contribution in [0.5, 0.6) is 0 Å². The van der Waals surface area contributed by atoms with E-state index < -0.39 is 0 Å². The second-order valence-electron chi connectivity index (χ2n) is 3.44. The fourth-order valence-corrected chi connectivity index (χ4v) is 1.57. The van der Waals surface area contributed by atoms with Crippen LogP contribution < -0.4 is 0 Å². The summed E-state index contributed by atoms with van der Waals surface area (Å²) in [4.78, 5) is 8.58. The van der Waals surface area contributed by atoms with Gasteiger partial charge in [0.25, 0.3) is 0 Å². The Morgan fingerprint density at radius 1 is 1.33 bits per heavy atom. The highest BCUT2D eigenvalue weighted by atomic mass is 35.5. The van der Waals surface area contributed by atoms with Gasteiger partial charge in [0.1, 0.15) is 0 Å². The van der Waals surface area contributed by atoms with Gasteiger partial charge in [-0.3, -0.25) is 4.98 Å². The van der Waals surface area contributed by atoms with Gasteiger partial charge < -0.3 is 4.57 Å². The molecule has 0 saturated heterocycles. The number of hydrogen-bond donors (Lipinski definition) is 0. The molecule has 0 amide bonds. The maximum Gasteiger partial charge on any atom is 0.0953 e. The minimum absolute atomic E-state index is 0.453. The lowest BCUT2D eigenvalue weighted by atomic mass is 10.3. The standard InChI is InChI=1S/C11H12ClN3/c1-9-3-2-4-10(14-9)6-15-7-11(5-12)13-8-15/h2-4,7-8H,5-6H2,1H3. The number of halogens is 1. The normalized spacial score (nSPS) is 10.5. The van der Waals surface area contributed by atoms with Crippen LogP contribution in [-0.2, 0) is 12.4 Å². The fraction of sp³-hybridized carbons (Fsp3) is 0.273. The lowest BCUT2D eigenvalue weighted by molar-refractivity contribution is 0.769. The van der Waals surface area contributed by atoms with Crippen LogP contribution >= 0.6 is 11.6 Å². The summed E-state index contributed by atoms with van der Waals surface area (Å²) in [7, 11) is 0. The molecule has 0 aliphatic heterocycles. The molecule has 2 aromatic heterocycles. The molecular weight excluding hydrogens is 210 g/mol. The van der Waals surface area contributed by atoms with Gasteiger partial charge in [-0.25, -0.2) is 4.98 Å². The van der Waals surface area contributed by atoms with E-state index in [4.69, 9.17) is 11.6 Å². The van der Waals surface area contributed by atoms with E-state index in [1.54, 1.807) is 6.33 Å². The molecular formula is C11H12ClN3. The van der Waals surface area contributed by atoms with Crippen LogP contribution in [0.15, 0.2) is 30.7 Å². The molecule has 4 heteroatoms. The summed E-state index contributed by atoms with van der Waals surface area (Å²) in [6.07, 6.45) is 3.72. The molecule has 78 valence electrons. The number of rotatable bonds is 3. The van der Waals surface area contributed by atoms with Crippen molar-refractivity contribution in [1.29, 1.82) is 0 Å². The predicted octanol–water partition coefficient (Wildman–Crippen LogP) is 2.37. The Morgan fingerprint density at radius 3 is 2.87 bits per heavy atom. The Kier molecular flexibility index (Phi) is 3.02. The number of aromatic nitrogens is 3. The van der Waals surface area contributed by atoms with E-state index in [0.717, 1.165) is 23.6 Å². The van der Waals surface area contributed by atoms with Crippen LogP contribution in [0.1, 0.15) is 17.1 Å². The molecule has 15 heavy (non-hydrogen) atoms. The van der Waals surface area contributed by atoms with Crippen molar-refractivity contribution in [1.82, 2.24) is 14.5 Å². The molecule has 0 fully saturated rings. The van der Waals surface area contributed by atoms with E-state index in [1.165, 1.54) is 0 Å². The Hall–Kier alpha value is -1.35. The molecule has 0 atom stereocenters. The van der Waals surface area contributed by atoms with Crippen LogP contribution in [0.4, 0.5) is 0 Å². The van der Waals surface area contributed by atoms with Crippen molar-refractivity contribution < 1.29 is 0 Å². The van der Waals surface area contributed by atoms with Crippen molar-refractivity contribution >= 4 is 11.6 Å². The quantitative estimate of drug-likeness (QED) is 0.746. The van der Waals surface area contributed by atoms with E-state index >= 15 is 0 Å². The third-order valence-corrected chi connectivity index (χ3v) is 2.39. The first kappa shape index (κ1) is 10.2. The molecule has 3 nitrogen and oxygen atoms in total. The Balaban J connectivity index is 2.14. The van der Waals surface area contributed by atoms with Gasteiger partial charge >= 0.3 is 0 Å². The smallest absolute Gasteiger partial charge is 0.0953 e. The topological polar surface area (TPSA) is 30.7 Å².